The van der Waals surface area contributed by atoms with E-state index in [1.54, 1.807) is 7.11 Å². The van der Waals surface area contributed by atoms with Gasteiger partial charge in [-0.15, -0.1) is 0 Å². The zero-order valence-corrected chi connectivity index (χ0v) is 23.0. The summed E-state index contributed by atoms with van der Waals surface area (Å²) in [7, 11) is -0.504. The number of benzene rings is 1. The maximum atomic E-state index is 10.7. The van der Waals surface area contributed by atoms with Crippen LogP contribution >= 0.6 is 0 Å². The number of methoxy groups -OCH3 is 1. The van der Waals surface area contributed by atoms with Gasteiger partial charge in [-0.25, -0.2) is 0 Å². The maximum absolute atomic E-state index is 10.7. The summed E-state index contributed by atoms with van der Waals surface area (Å²) in [5.41, 5.74) is 1.09. The van der Waals surface area contributed by atoms with Crippen molar-refractivity contribution < 1.29 is 33.2 Å². The van der Waals surface area contributed by atoms with Gasteiger partial charge in [0.2, 0.25) is 0 Å². The first kappa shape index (κ1) is 27.7. The summed E-state index contributed by atoms with van der Waals surface area (Å²) in [5, 5.41) is 10.7. The molecule has 0 amide bonds. The van der Waals surface area contributed by atoms with Crippen LogP contribution in [0.1, 0.15) is 40.2 Å². The van der Waals surface area contributed by atoms with E-state index < -0.39 is 20.7 Å². The van der Waals surface area contributed by atoms with Crippen molar-refractivity contribution in [1.82, 2.24) is 0 Å². The molecule has 1 unspecified atom stereocenters. The third-order valence-corrected chi connectivity index (χ3v) is 12.0. The van der Waals surface area contributed by atoms with Gasteiger partial charge >= 0.3 is 0 Å². The largest absolute Gasteiger partial charge is 0.411 e. The Morgan fingerprint density at radius 2 is 1.76 bits per heavy atom. The highest BCUT2D eigenvalue weighted by atomic mass is 28.4. The number of aliphatic hydroxyl groups excluding tert-OH is 1. The fourth-order valence-electron chi connectivity index (χ4n) is 4.28. The molecule has 8 heteroatoms. The van der Waals surface area contributed by atoms with Gasteiger partial charge < -0.3 is 33.2 Å². The Kier molecular flexibility index (Phi) is 9.36. The van der Waals surface area contributed by atoms with Gasteiger partial charge in [0.25, 0.3) is 0 Å². The SMILES string of the molecule is COCOC[C@H]1O[C@@H]1[C@@H](C)[C@H](OCc1ccccc1)[C@@H]1OC(O)[C@H](C)[C@H]1O[Si](C)(C)C(C)(C)C. The van der Waals surface area contributed by atoms with Crippen LogP contribution in [0.25, 0.3) is 0 Å². The van der Waals surface area contributed by atoms with E-state index in [1.165, 1.54) is 0 Å². The van der Waals surface area contributed by atoms with Gasteiger partial charge in [-0.1, -0.05) is 65.0 Å². The van der Waals surface area contributed by atoms with Gasteiger partial charge in [0.15, 0.2) is 14.6 Å². The molecule has 1 aromatic carbocycles. The molecule has 8 atom stereocenters. The topological polar surface area (TPSA) is 78.9 Å². The van der Waals surface area contributed by atoms with Gasteiger partial charge in [-0.2, -0.15) is 0 Å². The fourth-order valence-corrected chi connectivity index (χ4v) is 5.66. The Balaban J connectivity index is 1.79. The van der Waals surface area contributed by atoms with Crippen molar-refractivity contribution in [3.05, 3.63) is 35.9 Å². The average Bonchev–Trinajstić information content (AvgIpc) is 3.50. The summed E-state index contributed by atoms with van der Waals surface area (Å²) in [5.74, 6) is -0.136. The minimum Gasteiger partial charge on any atom is -0.411 e. The number of epoxide rings is 1. The first-order valence-electron chi connectivity index (χ1n) is 12.4. The number of hydrogen-bond donors (Lipinski definition) is 1. The minimum atomic E-state index is -2.11. The molecule has 2 heterocycles. The standard InChI is InChI=1S/C26H44O7Si/c1-17(21-20(31-21)15-29-16-28-6)22(30-14-19-12-10-9-11-13-19)24-23(18(2)25(27)32-24)33-34(7,8)26(3,4)5/h9-13,17-18,20-25,27H,14-16H2,1-8H3/t17-,18-,20-,21-,22+,23-,24+,25?/m1/s1. The van der Waals surface area contributed by atoms with Gasteiger partial charge in [-0.3, -0.25) is 0 Å². The lowest BCUT2D eigenvalue weighted by molar-refractivity contribution is -0.161. The third kappa shape index (κ3) is 6.67. The number of ether oxygens (including phenoxy) is 5. The number of hydrogen-bond acceptors (Lipinski definition) is 7. The van der Waals surface area contributed by atoms with Crippen molar-refractivity contribution in [3.8, 4) is 0 Å². The van der Waals surface area contributed by atoms with Crippen LogP contribution in [0.5, 0.6) is 0 Å². The molecular weight excluding hydrogens is 452 g/mol. The molecular formula is C26H44O7Si. The van der Waals surface area contributed by atoms with Crippen molar-refractivity contribution in [1.29, 1.82) is 0 Å². The van der Waals surface area contributed by atoms with E-state index in [0.717, 1.165) is 5.56 Å². The normalized spacial score (nSPS) is 31.4. The molecule has 1 aromatic rings. The summed E-state index contributed by atoms with van der Waals surface area (Å²) in [6.07, 6.45) is -1.88. The Labute approximate surface area is 206 Å². The molecule has 1 N–H and O–H groups in total. The lowest BCUT2D eigenvalue weighted by atomic mass is 9.89. The van der Waals surface area contributed by atoms with E-state index in [2.05, 4.69) is 40.8 Å². The summed E-state index contributed by atoms with van der Waals surface area (Å²) in [4.78, 5) is 0. The zero-order chi connectivity index (χ0) is 25.1. The molecule has 194 valence electrons. The highest BCUT2D eigenvalue weighted by molar-refractivity contribution is 6.74. The predicted molar refractivity (Wildman–Crippen MR) is 133 cm³/mol. The van der Waals surface area contributed by atoms with Gasteiger partial charge in [0.1, 0.15) is 19.0 Å². The summed E-state index contributed by atoms with van der Waals surface area (Å²) in [6.45, 7) is 16.4. The van der Waals surface area contributed by atoms with Crippen LogP contribution in [-0.2, 0) is 34.7 Å². The molecule has 2 saturated heterocycles. The molecule has 0 saturated carbocycles. The van der Waals surface area contributed by atoms with Crippen molar-refractivity contribution in [2.24, 2.45) is 11.8 Å². The van der Waals surface area contributed by atoms with Crippen LogP contribution in [0.2, 0.25) is 18.1 Å². The van der Waals surface area contributed by atoms with Crippen LogP contribution in [0.4, 0.5) is 0 Å². The summed E-state index contributed by atoms with van der Waals surface area (Å²) in [6, 6.07) is 10.1. The molecule has 0 spiro atoms. The van der Waals surface area contributed by atoms with E-state index in [9.17, 15) is 5.11 Å². The Bertz CT molecular complexity index is 753. The molecule has 7 nitrogen and oxygen atoms in total. The molecule has 2 aliphatic rings. The lowest BCUT2D eigenvalue weighted by Crippen LogP contribution is -2.51. The maximum Gasteiger partial charge on any atom is 0.192 e. The predicted octanol–water partition coefficient (Wildman–Crippen LogP) is 4.34. The van der Waals surface area contributed by atoms with Gasteiger partial charge in [0, 0.05) is 18.9 Å². The van der Waals surface area contributed by atoms with Gasteiger partial charge in [0.05, 0.1) is 31.5 Å². The second kappa shape index (κ2) is 11.5. The number of rotatable bonds is 12. The quantitative estimate of drug-likeness (QED) is 0.200. The van der Waals surface area contributed by atoms with Crippen molar-refractivity contribution >= 4 is 8.32 Å². The van der Waals surface area contributed by atoms with Crippen molar-refractivity contribution in [3.63, 3.8) is 0 Å². The third-order valence-electron chi connectivity index (χ3n) is 7.58. The van der Waals surface area contributed by atoms with Crippen molar-refractivity contribution in [2.45, 2.75) is 96.2 Å². The van der Waals surface area contributed by atoms with Crippen LogP contribution in [-0.4, -0.2) is 70.7 Å². The van der Waals surface area contributed by atoms with Crippen LogP contribution in [0.3, 0.4) is 0 Å². The monoisotopic (exact) mass is 496 g/mol. The van der Waals surface area contributed by atoms with Crippen LogP contribution < -0.4 is 0 Å². The molecule has 34 heavy (non-hydrogen) atoms. The molecule has 2 fully saturated rings. The Morgan fingerprint density at radius 1 is 1.09 bits per heavy atom. The van der Waals surface area contributed by atoms with E-state index in [0.29, 0.717) is 13.2 Å². The molecule has 0 radical (unpaired) electrons. The van der Waals surface area contributed by atoms with Gasteiger partial charge in [-0.05, 0) is 23.7 Å². The second-order valence-corrected chi connectivity index (χ2v) is 16.0. The fraction of sp³-hybridized carbons (Fsp3) is 0.769. The van der Waals surface area contributed by atoms with E-state index >= 15 is 0 Å². The van der Waals surface area contributed by atoms with E-state index in [1.807, 2.05) is 37.3 Å². The molecule has 2 aliphatic heterocycles. The summed E-state index contributed by atoms with van der Waals surface area (Å²) >= 11 is 0. The van der Waals surface area contributed by atoms with Crippen molar-refractivity contribution in [2.75, 3.05) is 20.5 Å². The average molecular weight is 497 g/mol. The highest BCUT2D eigenvalue weighted by Crippen LogP contribution is 2.44. The van der Waals surface area contributed by atoms with Crippen LogP contribution in [0, 0.1) is 11.8 Å². The molecule has 0 aliphatic carbocycles. The smallest absolute Gasteiger partial charge is 0.192 e. The van der Waals surface area contributed by atoms with Crippen LogP contribution in [0.15, 0.2) is 30.3 Å². The van der Waals surface area contributed by atoms with E-state index in [4.69, 9.17) is 28.1 Å². The van der Waals surface area contributed by atoms with E-state index in [-0.39, 0.29) is 48.1 Å². The molecule has 3 rings (SSSR count). The second-order valence-electron chi connectivity index (χ2n) is 11.2. The molecule has 0 aromatic heterocycles. The highest BCUT2D eigenvalue weighted by Gasteiger charge is 2.55. The Morgan fingerprint density at radius 3 is 2.38 bits per heavy atom. The zero-order valence-electron chi connectivity index (χ0n) is 22.0. The number of aliphatic hydroxyl groups is 1. The molecule has 0 bridgehead atoms. The first-order chi connectivity index (χ1) is 16.0. The lowest BCUT2D eigenvalue weighted by Gasteiger charge is -2.42. The summed E-state index contributed by atoms with van der Waals surface area (Å²) < 4.78 is 36.0. The Hall–Kier alpha value is -0.843. The minimum absolute atomic E-state index is 0.00325. The first-order valence-corrected chi connectivity index (χ1v) is 15.3.